The summed E-state index contributed by atoms with van der Waals surface area (Å²) in [6, 6.07) is 1.17. The van der Waals surface area contributed by atoms with Gasteiger partial charge in [-0.3, -0.25) is 0 Å². The van der Waals surface area contributed by atoms with Gasteiger partial charge in [0.2, 0.25) is 0 Å². The van der Waals surface area contributed by atoms with Crippen LogP contribution in [0.4, 0.5) is 0 Å². The Labute approximate surface area is 119 Å². The van der Waals surface area contributed by atoms with Gasteiger partial charge < -0.3 is 10.6 Å². The topological polar surface area (TPSA) is 24.1 Å². The second-order valence-corrected chi connectivity index (χ2v) is 7.28. The van der Waals surface area contributed by atoms with E-state index >= 15 is 0 Å². The molecule has 0 heterocycles. The maximum atomic E-state index is 5.33. The van der Waals surface area contributed by atoms with Gasteiger partial charge in [0.1, 0.15) is 8.64 Å². The first kappa shape index (κ1) is 13.6. The Morgan fingerprint density at radius 2 is 1.12 bits per heavy atom. The SMILES string of the molecule is S=C(NC1CCCC1)SC(=S)NC1CCCC1. The Hall–Kier alpha value is 0.130. The van der Waals surface area contributed by atoms with Crippen LogP contribution in [0.1, 0.15) is 51.4 Å². The quantitative estimate of drug-likeness (QED) is 0.759. The summed E-state index contributed by atoms with van der Waals surface area (Å²) in [5, 5.41) is 6.80. The van der Waals surface area contributed by atoms with Crippen LogP contribution in [0.15, 0.2) is 0 Å². The highest BCUT2D eigenvalue weighted by atomic mass is 32.2. The first-order valence-corrected chi connectivity index (χ1v) is 8.16. The molecule has 0 atom stereocenters. The molecule has 0 unspecified atom stereocenters. The zero-order valence-corrected chi connectivity index (χ0v) is 12.5. The zero-order chi connectivity index (χ0) is 12.1. The summed E-state index contributed by atoms with van der Waals surface area (Å²) in [5.41, 5.74) is 0. The summed E-state index contributed by atoms with van der Waals surface area (Å²) >= 11 is 12.2. The van der Waals surface area contributed by atoms with Gasteiger partial charge >= 0.3 is 0 Å². The molecule has 2 aliphatic carbocycles. The van der Waals surface area contributed by atoms with E-state index in [1.165, 1.54) is 63.1 Å². The van der Waals surface area contributed by atoms with E-state index in [2.05, 4.69) is 10.6 Å². The van der Waals surface area contributed by atoms with E-state index in [-0.39, 0.29) is 0 Å². The largest absolute Gasteiger partial charge is 0.368 e. The predicted molar refractivity (Wildman–Crippen MR) is 83.6 cm³/mol. The van der Waals surface area contributed by atoms with Crippen LogP contribution >= 0.6 is 36.2 Å². The Kier molecular flexibility index (Phi) is 5.50. The van der Waals surface area contributed by atoms with E-state index in [0.717, 1.165) is 8.64 Å². The van der Waals surface area contributed by atoms with Crippen molar-refractivity contribution in [1.82, 2.24) is 10.6 Å². The lowest BCUT2D eigenvalue weighted by Crippen LogP contribution is -2.34. The molecule has 2 N–H and O–H groups in total. The van der Waals surface area contributed by atoms with Crippen LogP contribution in [0, 0.1) is 0 Å². The molecule has 0 bridgehead atoms. The van der Waals surface area contributed by atoms with Gasteiger partial charge in [0.15, 0.2) is 0 Å². The van der Waals surface area contributed by atoms with Crippen molar-refractivity contribution in [2.24, 2.45) is 0 Å². The van der Waals surface area contributed by atoms with Crippen molar-refractivity contribution in [2.45, 2.75) is 63.5 Å². The molecule has 2 aliphatic rings. The average molecular weight is 289 g/mol. The molecule has 5 heteroatoms. The lowest BCUT2D eigenvalue weighted by molar-refractivity contribution is 0.638. The van der Waals surface area contributed by atoms with Gasteiger partial charge in [0.25, 0.3) is 0 Å². The number of hydrogen-bond donors (Lipinski definition) is 2. The van der Waals surface area contributed by atoms with Gasteiger partial charge in [0.05, 0.1) is 0 Å². The molecule has 0 amide bonds. The summed E-state index contributed by atoms with van der Waals surface area (Å²) < 4.78 is 1.68. The predicted octanol–water partition coefficient (Wildman–Crippen LogP) is 3.35. The lowest BCUT2D eigenvalue weighted by Gasteiger charge is -2.17. The smallest absolute Gasteiger partial charge is 0.141 e. The second-order valence-electron chi connectivity index (χ2n) is 4.93. The van der Waals surface area contributed by atoms with Crippen LogP contribution in [0.2, 0.25) is 0 Å². The molecule has 2 saturated carbocycles. The van der Waals surface area contributed by atoms with Crippen LogP contribution in [0.3, 0.4) is 0 Å². The maximum absolute atomic E-state index is 5.33. The zero-order valence-electron chi connectivity index (χ0n) is 10.0. The van der Waals surface area contributed by atoms with Crippen LogP contribution in [0.25, 0.3) is 0 Å². The molecule has 2 fully saturated rings. The highest BCUT2D eigenvalue weighted by Gasteiger charge is 2.18. The molecule has 0 aliphatic heterocycles. The summed E-state index contributed by atoms with van der Waals surface area (Å²) in [6.45, 7) is 0. The third kappa shape index (κ3) is 4.72. The van der Waals surface area contributed by atoms with E-state index in [0.29, 0.717) is 12.1 Å². The van der Waals surface area contributed by atoms with Crippen LogP contribution in [0.5, 0.6) is 0 Å². The fraction of sp³-hybridized carbons (Fsp3) is 0.833. The fourth-order valence-electron chi connectivity index (χ4n) is 2.62. The van der Waals surface area contributed by atoms with Crippen molar-refractivity contribution in [3.05, 3.63) is 0 Å². The molecule has 96 valence electrons. The summed E-state index contributed by atoms with van der Waals surface area (Å²) in [6.07, 6.45) is 10.3. The molecule has 17 heavy (non-hydrogen) atoms. The minimum atomic E-state index is 0.587. The third-order valence-corrected chi connectivity index (χ3v) is 4.88. The molecule has 0 aromatic heterocycles. The minimum absolute atomic E-state index is 0.587. The van der Waals surface area contributed by atoms with Crippen molar-refractivity contribution >= 4 is 44.8 Å². The van der Waals surface area contributed by atoms with Gasteiger partial charge in [0, 0.05) is 12.1 Å². The standard InChI is InChI=1S/C12H20N2S3/c15-11(13-9-5-1-2-6-9)17-12(16)14-10-7-3-4-8-10/h9-10H,1-8H2,(H,13,15)(H,14,16). The van der Waals surface area contributed by atoms with Crippen molar-refractivity contribution in [3.63, 3.8) is 0 Å². The summed E-state index contributed by atoms with van der Waals surface area (Å²) in [7, 11) is 0. The average Bonchev–Trinajstić information content (AvgIpc) is 2.90. The van der Waals surface area contributed by atoms with Gasteiger partial charge in [-0.15, -0.1) is 0 Å². The highest BCUT2D eigenvalue weighted by Crippen LogP contribution is 2.21. The van der Waals surface area contributed by atoms with E-state index in [1.807, 2.05) is 0 Å². The number of thioether (sulfide) groups is 1. The molecule has 0 saturated heterocycles. The maximum Gasteiger partial charge on any atom is 0.141 e. The molecular weight excluding hydrogens is 268 g/mol. The molecule has 2 rings (SSSR count). The second kappa shape index (κ2) is 6.90. The number of hydrogen-bond acceptors (Lipinski definition) is 3. The Morgan fingerprint density at radius 1 is 0.765 bits per heavy atom. The first-order valence-electron chi connectivity index (χ1n) is 6.53. The Bertz CT molecular complexity index is 253. The van der Waals surface area contributed by atoms with Gasteiger partial charge in [-0.25, -0.2) is 0 Å². The van der Waals surface area contributed by atoms with Crippen molar-refractivity contribution in [1.29, 1.82) is 0 Å². The van der Waals surface area contributed by atoms with Gasteiger partial charge in [-0.05, 0) is 37.4 Å². The highest BCUT2D eigenvalue weighted by molar-refractivity contribution is 8.37. The fourth-order valence-corrected chi connectivity index (χ4v) is 4.23. The van der Waals surface area contributed by atoms with Crippen molar-refractivity contribution in [3.8, 4) is 0 Å². The lowest BCUT2D eigenvalue weighted by atomic mass is 10.3. The van der Waals surface area contributed by atoms with Gasteiger partial charge in [-0.1, -0.05) is 50.1 Å². The molecule has 0 spiro atoms. The van der Waals surface area contributed by atoms with Crippen LogP contribution < -0.4 is 10.6 Å². The number of rotatable bonds is 2. The van der Waals surface area contributed by atoms with Crippen molar-refractivity contribution < 1.29 is 0 Å². The Balaban J connectivity index is 1.64. The van der Waals surface area contributed by atoms with E-state index in [1.54, 1.807) is 0 Å². The van der Waals surface area contributed by atoms with E-state index in [4.69, 9.17) is 24.4 Å². The molecule has 2 nitrogen and oxygen atoms in total. The van der Waals surface area contributed by atoms with E-state index < -0.39 is 0 Å². The first-order chi connectivity index (χ1) is 8.24. The third-order valence-electron chi connectivity index (χ3n) is 3.54. The van der Waals surface area contributed by atoms with Gasteiger partial charge in [-0.2, -0.15) is 0 Å². The molecule has 0 radical (unpaired) electrons. The van der Waals surface area contributed by atoms with Crippen molar-refractivity contribution in [2.75, 3.05) is 0 Å². The number of nitrogens with one attached hydrogen (secondary N) is 2. The monoisotopic (exact) mass is 288 g/mol. The normalized spacial score (nSPS) is 21.6. The molecule has 0 aromatic carbocycles. The minimum Gasteiger partial charge on any atom is -0.368 e. The Morgan fingerprint density at radius 3 is 1.47 bits per heavy atom. The van der Waals surface area contributed by atoms with Crippen LogP contribution in [-0.2, 0) is 0 Å². The summed E-state index contributed by atoms with van der Waals surface area (Å²) in [4.78, 5) is 0. The molecule has 0 aromatic rings. The van der Waals surface area contributed by atoms with Crippen LogP contribution in [-0.4, -0.2) is 20.7 Å². The molecular formula is C12H20N2S3. The van der Waals surface area contributed by atoms with E-state index in [9.17, 15) is 0 Å². The number of thiocarbonyl (C=S) groups is 2. The summed E-state index contributed by atoms with van der Waals surface area (Å²) in [5.74, 6) is 0.